The number of nitrogens with zero attached hydrogens (tertiary/aromatic N) is 4. The molecule has 2 aromatic rings. The fourth-order valence-electron chi connectivity index (χ4n) is 0.999. The highest BCUT2D eigenvalue weighted by molar-refractivity contribution is 6.31. The average molecular weight is 226 g/mol. The molecule has 0 aromatic carbocycles. The molecule has 15 heavy (non-hydrogen) atoms. The molecule has 0 radical (unpaired) electrons. The van der Waals surface area contributed by atoms with Crippen LogP contribution in [-0.4, -0.2) is 19.7 Å². The predicted molar refractivity (Wildman–Crippen MR) is 54.7 cm³/mol. The van der Waals surface area contributed by atoms with Gasteiger partial charge < -0.3 is 10.5 Å². The van der Waals surface area contributed by atoms with E-state index in [1.165, 1.54) is 6.20 Å². The molecule has 0 fully saturated rings. The number of nitrogen functional groups attached to an aromatic ring is 1. The molecule has 0 bridgehead atoms. The lowest BCUT2D eigenvalue weighted by Gasteiger charge is -2.03. The van der Waals surface area contributed by atoms with E-state index in [4.69, 9.17) is 22.1 Å². The summed E-state index contributed by atoms with van der Waals surface area (Å²) >= 11 is 5.82. The summed E-state index contributed by atoms with van der Waals surface area (Å²) in [6.07, 6.45) is 4.62. The highest BCUT2D eigenvalue weighted by Gasteiger charge is 2.07. The van der Waals surface area contributed by atoms with Gasteiger partial charge in [-0.05, 0) is 0 Å². The highest BCUT2D eigenvalue weighted by atomic mass is 35.5. The summed E-state index contributed by atoms with van der Waals surface area (Å²) in [5.41, 5.74) is 5.40. The summed E-state index contributed by atoms with van der Waals surface area (Å²) in [5, 5.41) is 4.24. The van der Waals surface area contributed by atoms with Crippen molar-refractivity contribution in [2.24, 2.45) is 7.05 Å². The molecule has 0 saturated heterocycles. The second kappa shape index (κ2) is 3.74. The molecule has 0 saturated carbocycles. The van der Waals surface area contributed by atoms with E-state index in [0.29, 0.717) is 10.8 Å². The number of halogens is 1. The van der Waals surface area contributed by atoms with Crippen LogP contribution in [0, 0.1) is 0 Å². The zero-order valence-corrected chi connectivity index (χ0v) is 8.64. The second-order valence-corrected chi connectivity index (χ2v) is 3.24. The molecule has 7 heteroatoms. The van der Waals surface area contributed by atoms with Gasteiger partial charge in [0.1, 0.15) is 5.02 Å². The van der Waals surface area contributed by atoms with E-state index in [9.17, 15) is 0 Å². The van der Waals surface area contributed by atoms with Crippen molar-refractivity contribution in [3.63, 3.8) is 0 Å². The van der Waals surface area contributed by atoms with Crippen LogP contribution < -0.4 is 10.5 Å². The second-order valence-electron chi connectivity index (χ2n) is 2.83. The van der Waals surface area contributed by atoms with Gasteiger partial charge in [-0.3, -0.25) is 4.68 Å². The summed E-state index contributed by atoms with van der Waals surface area (Å²) in [5.74, 6) is 0.868. The minimum absolute atomic E-state index is 0.110. The summed E-state index contributed by atoms with van der Waals surface area (Å²) in [4.78, 5) is 7.57. The Kier molecular flexibility index (Phi) is 2.42. The Hall–Kier alpha value is -1.82. The van der Waals surface area contributed by atoms with Gasteiger partial charge in [-0.15, -0.1) is 0 Å². The molecule has 2 heterocycles. The van der Waals surface area contributed by atoms with Crippen LogP contribution >= 0.6 is 11.6 Å². The SMILES string of the molecule is Cn1cc(Oc2nc(N)ncc2Cl)cn1. The van der Waals surface area contributed by atoms with Crippen molar-refractivity contribution in [1.82, 2.24) is 19.7 Å². The first-order valence-electron chi connectivity index (χ1n) is 4.09. The van der Waals surface area contributed by atoms with E-state index in [2.05, 4.69) is 15.1 Å². The minimum Gasteiger partial charge on any atom is -0.434 e. The normalized spacial score (nSPS) is 10.3. The molecular formula is C8H8ClN5O. The van der Waals surface area contributed by atoms with E-state index in [0.717, 1.165) is 0 Å². The van der Waals surface area contributed by atoms with Crippen LogP contribution in [0.4, 0.5) is 5.95 Å². The molecular weight excluding hydrogens is 218 g/mol. The quantitative estimate of drug-likeness (QED) is 0.832. The standard InChI is InChI=1S/C8H8ClN5O/c1-14-4-5(2-12-14)15-7-6(9)3-11-8(10)13-7/h2-4H,1H3,(H2,10,11,13). The van der Waals surface area contributed by atoms with Gasteiger partial charge in [0.25, 0.3) is 0 Å². The van der Waals surface area contributed by atoms with E-state index in [-0.39, 0.29) is 11.8 Å². The number of hydrogen-bond donors (Lipinski definition) is 1. The third-order valence-corrected chi connectivity index (χ3v) is 1.89. The molecule has 2 aromatic heterocycles. The monoisotopic (exact) mass is 225 g/mol. The third-order valence-electron chi connectivity index (χ3n) is 1.63. The van der Waals surface area contributed by atoms with Crippen molar-refractivity contribution in [2.45, 2.75) is 0 Å². The maximum Gasteiger partial charge on any atom is 0.243 e. The van der Waals surface area contributed by atoms with Crippen molar-refractivity contribution in [3.05, 3.63) is 23.6 Å². The van der Waals surface area contributed by atoms with E-state index in [1.54, 1.807) is 24.1 Å². The van der Waals surface area contributed by atoms with Crippen molar-refractivity contribution in [2.75, 3.05) is 5.73 Å². The van der Waals surface area contributed by atoms with Crippen LogP contribution in [-0.2, 0) is 7.05 Å². The molecule has 6 nitrogen and oxygen atoms in total. The molecule has 0 aliphatic carbocycles. The predicted octanol–water partition coefficient (Wildman–Crippen LogP) is 1.24. The molecule has 2 rings (SSSR count). The number of hydrogen-bond acceptors (Lipinski definition) is 5. The summed E-state index contributed by atoms with van der Waals surface area (Å²) < 4.78 is 6.97. The zero-order chi connectivity index (χ0) is 10.8. The van der Waals surface area contributed by atoms with Crippen LogP contribution in [0.3, 0.4) is 0 Å². The Bertz CT molecular complexity index is 484. The van der Waals surface area contributed by atoms with Crippen LogP contribution in [0.25, 0.3) is 0 Å². The van der Waals surface area contributed by atoms with Gasteiger partial charge in [-0.1, -0.05) is 11.6 Å². The Morgan fingerprint density at radius 2 is 2.27 bits per heavy atom. The maximum absolute atomic E-state index is 5.82. The Labute approximate surface area is 90.7 Å². The molecule has 2 N–H and O–H groups in total. The molecule has 0 atom stereocenters. The first-order chi connectivity index (χ1) is 7.15. The Balaban J connectivity index is 2.27. The lowest BCUT2D eigenvalue weighted by molar-refractivity contribution is 0.462. The molecule has 78 valence electrons. The van der Waals surface area contributed by atoms with Gasteiger partial charge in [0, 0.05) is 7.05 Å². The number of aromatic nitrogens is 4. The third kappa shape index (κ3) is 2.16. The van der Waals surface area contributed by atoms with Crippen LogP contribution in [0.5, 0.6) is 11.6 Å². The fourth-order valence-corrected chi connectivity index (χ4v) is 1.13. The highest BCUT2D eigenvalue weighted by Crippen LogP contribution is 2.26. The van der Waals surface area contributed by atoms with Crippen molar-refractivity contribution in [3.8, 4) is 11.6 Å². The molecule has 0 aliphatic heterocycles. The fraction of sp³-hybridized carbons (Fsp3) is 0.125. The lowest BCUT2D eigenvalue weighted by atomic mass is 10.6. The first-order valence-corrected chi connectivity index (χ1v) is 4.47. The summed E-state index contributed by atoms with van der Waals surface area (Å²) in [6.45, 7) is 0. The molecule has 0 aliphatic rings. The Morgan fingerprint density at radius 3 is 2.93 bits per heavy atom. The van der Waals surface area contributed by atoms with Gasteiger partial charge in [0.2, 0.25) is 11.8 Å². The van der Waals surface area contributed by atoms with Gasteiger partial charge in [0.05, 0.1) is 18.6 Å². The van der Waals surface area contributed by atoms with Crippen LogP contribution in [0.15, 0.2) is 18.6 Å². The zero-order valence-electron chi connectivity index (χ0n) is 7.88. The van der Waals surface area contributed by atoms with Gasteiger partial charge in [-0.25, -0.2) is 4.98 Å². The van der Waals surface area contributed by atoms with Crippen molar-refractivity contribution < 1.29 is 4.74 Å². The largest absolute Gasteiger partial charge is 0.434 e. The van der Waals surface area contributed by atoms with E-state index < -0.39 is 0 Å². The molecule has 0 unspecified atom stereocenters. The van der Waals surface area contributed by atoms with Gasteiger partial charge in [-0.2, -0.15) is 10.1 Å². The van der Waals surface area contributed by atoms with Gasteiger partial charge >= 0.3 is 0 Å². The minimum atomic E-state index is 0.110. The van der Waals surface area contributed by atoms with E-state index in [1.807, 2.05) is 0 Å². The molecule has 0 spiro atoms. The van der Waals surface area contributed by atoms with E-state index >= 15 is 0 Å². The summed E-state index contributed by atoms with van der Waals surface area (Å²) in [6, 6.07) is 0. The first kappa shape index (κ1) is 9.72. The number of rotatable bonds is 2. The van der Waals surface area contributed by atoms with Crippen LogP contribution in [0.2, 0.25) is 5.02 Å². The number of anilines is 1. The van der Waals surface area contributed by atoms with Crippen molar-refractivity contribution in [1.29, 1.82) is 0 Å². The lowest BCUT2D eigenvalue weighted by Crippen LogP contribution is -1.96. The van der Waals surface area contributed by atoms with Crippen molar-refractivity contribution >= 4 is 17.5 Å². The maximum atomic E-state index is 5.82. The number of aryl methyl sites for hydroxylation is 1. The average Bonchev–Trinajstić information content (AvgIpc) is 2.58. The smallest absolute Gasteiger partial charge is 0.243 e. The number of ether oxygens (including phenoxy) is 1. The Morgan fingerprint density at radius 1 is 1.47 bits per heavy atom. The number of nitrogens with two attached hydrogens (primary N) is 1. The summed E-state index contributed by atoms with van der Waals surface area (Å²) in [7, 11) is 1.78. The topological polar surface area (TPSA) is 78.9 Å². The van der Waals surface area contributed by atoms with Crippen LogP contribution in [0.1, 0.15) is 0 Å². The molecule has 0 amide bonds. The van der Waals surface area contributed by atoms with Gasteiger partial charge in [0.15, 0.2) is 5.75 Å².